The third-order valence-electron chi connectivity index (χ3n) is 2.79. The quantitative estimate of drug-likeness (QED) is 0.773. The third kappa shape index (κ3) is 2.14. The Morgan fingerprint density at radius 2 is 2.27 bits per heavy atom. The first kappa shape index (κ1) is 10.9. The van der Waals surface area contributed by atoms with E-state index in [4.69, 9.17) is 11.6 Å². The van der Waals surface area contributed by atoms with Gasteiger partial charge in [-0.25, -0.2) is 4.39 Å². The van der Waals surface area contributed by atoms with E-state index in [1.54, 1.807) is 0 Å². The van der Waals surface area contributed by atoms with Crippen molar-refractivity contribution < 1.29 is 9.50 Å². The molecule has 2 N–H and O–H groups in total. The van der Waals surface area contributed by atoms with Crippen LogP contribution < -0.4 is 5.32 Å². The van der Waals surface area contributed by atoms with Gasteiger partial charge in [-0.15, -0.1) is 0 Å². The monoisotopic (exact) mass is 229 g/mol. The summed E-state index contributed by atoms with van der Waals surface area (Å²) in [4.78, 5) is 0. The highest BCUT2D eigenvalue weighted by Crippen LogP contribution is 2.33. The Morgan fingerprint density at radius 1 is 1.47 bits per heavy atom. The van der Waals surface area contributed by atoms with Crippen molar-refractivity contribution in [3.05, 3.63) is 34.6 Å². The summed E-state index contributed by atoms with van der Waals surface area (Å²) in [5.74, 6) is -0.367. The average molecular weight is 230 g/mol. The van der Waals surface area contributed by atoms with Crippen LogP contribution in [0.3, 0.4) is 0 Å². The Bertz CT molecular complexity index is 364. The molecule has 0 amide bonds. The summed E-state index contributed by atoms with van der Waals surface area (Å²) in [6, 6.07) is 4.10. The zero-order valence-corrected chi connectivity index (χ0v) is 9.02. The van der Waals surface area contributed by atoms with Gasteiger partial charge in [0.15, 0.2) is 0 Å². The highest BCUT2D eigenvalue weighted by atomic mass is 35.5. The first-order valence-electron chi connectivity index (χ1n) is 5.00. The Labute approximate surface area is 93.1 Å². The van der Waals surface area contributed by atoms with Gasteiger partial charge in [-0.1, -0.05) is 11.6 Å². The molecule has 1 atom stereocenters. The predicted molar refractivity (Wildman–Crippen MR) is 57.4 cm³/mol. The van der Waals surface area contributed by atoms with E-state index in [-0.39, 0.29) is 5.82 Å². The van der Waals surface area contributed by atoms with Crippen molar-refractivity contribution in [1.82, 2.24) is 5.32 Å². The highest BCUT2D eigenvalue weighted by molar-refractivity contribution is 6.31. The molecule has 1 aromatic carbocycles. The largest absolute Gasteiger partial charge is 0.384 e. The molecular weight excluding hydrogens is 217 g/mol. The normalized spacial score (nSPS) is 26.6. The number of hydrogen-bond acceptors (Lipinski definition) is 2. The van der Waals surface area contributed by atoms with Crippen LogP contribution in [-0.4, -0.2) is 18.2 Å². The second-order valence-corrected chi connectivity index (χ2v) is 4.34. The zero-order valence-electron chi connectivity index (χ0n) is 8.26. The van der Waals surface area contributed by atoms with Gasteiger partial charge in [0.05, 0.1) is 0 Å². The fourth-order valence-corrected chi connectivity index (χ4v) is 2.27. The number of halogens is 2. The van der Waals surface area contributed by atoms with Crippen molar-refractivity contribution >= 4 is 11.6 Å². The van der Waals surface area contributed by atoms with Crippen LogP contribution in [0.5, 0.6) is 0 Å². The molecule has 0 bridgehead atoms. The lowest BCUT2D eigenvalue weighted by Gasteiger charge is -2.33. The van der Waals surface area contributed by atoms with E-state index < -0.39 is 5.60 Å². The summed E-state index contributed by atoms with van der Waals surface area (Å²) in [7, 11) is 0. The summed E-state index contributed by atoms with van der Waals surface area (Å²) in [6.07, 6.45) is 1.48. The molecule has 0 saturated carbocycles. The Morgan fingerprint density at radius 3 is 2.93 bits per heavy atom. The molecule has 1 aromatic rings. The van der Waals surface area contributed by atoms with Crippen molar-refractivity contribution in [2.24, 2.45) is 0 Å². The van der Waals surface area contributed by atoms with E-state index in [9.17, 15) is 9.50 Å². The van der Waals surface area contributed by atoms with Crippen LogP contribution in [0, 0.1) is 5.82 Å². The molecule has 0 radical (unpaired) electrons. The number of aliphatic hydroxyl groups is 1. The zero-order chi connectivity index (χ0) is 10.9. The van der Waals surface area contributed by atoms with Crippen LogP contribution in [0.4, 0.5) is 4.39 Å². The van der Waals surface area contributed by atoms with Crippen LogP contribution in [-0.2, 0) is 5.60 Å². The SMILES string of the molecule is OC1(c2cc(F)ccc2Cl)CCCNC1. The minimum absolute atomic E-state index is 0.367. The minimum Gasteiger partial charge on any atom is -0.384 e. The summed E-state index contributed by atoms with van der Waals surface area (Å²) < 4.78 is 13.1. The van der Waals surface area contributed by atoms with E-state index in [0.717, 1.165) is 13.0 Å². The number of benzene rings is 1. The highest BCUT2D eigenvalue weighted by Gasteiger charge is 2.33. The van der Waals surface area contributed by atoms with Crippen molar-refractivity contribution in [3.63, 3.8) is 0 Å². The van der Waals surface area contributed by atoms with Crippen LogP contribution in [0.1, 0.15) is 18.4 Å². The van der Waals surface area contributed by atoms with Crippen molar-refractivity contribution in [1.29, 1.82) is 0 Å². The first-order valence-corrected chi connectivity index (χ1v) is 5.38. The number of β-amino-alcohol motifs (C(OH)–C–C–N with tert-alkyl or cyclic N) is 1. The van der Waals surface area contributed by atoms with Gasteiger partial charge in [0, 0.05) is 17.1 Å². The van der Waals surface area contributed by atoms with Crippen molar-refractivity contribution in [3.8, 4) is 0 Å². The molecule has 1 fully saturated rings. The van der Waals surface area contributed by atoms with E-state index in [1.165, 1.54) is 18.2 Å². The molecule has 1 aliphatic heterocycles. The molecule has 1 heterocycles. The molecule has 1 unspecified atom stereocenters. The van der Waals surface area contributed by atoms with Gasteiger partial charge in [-0.3, -0.25) is 0 Å². The van der Waals surface area contributed by atoms with Crippen LogP contribution in [0.2, 0.25) is 5.02 Å². The maximum atomic E-state index is 13.1. The molecule has 1 aliphatic rings. The fraction of sp³-hybridized carbons (Fsp3) is 0.455. The molecule has 15 heavy (non-hydrogen) atoms. The van der Waals surface area contributed by atoms with Gasteiger partial charge < -0.3 is 10.4 Å². The topological polar surface area (TPSA) is 32.3 Å². The van der Waals surface area contributed by atoms with Crippen LogP contribution in [0.15, 0.2) is 18.2 Å². The van der Waals surface area contributed by atoms with E-state index >= 15 is 0 Å². The third-order valence-corrected chi connectivity index (χ3v) is 3.12. The van der Waals surface area contributed by atoms with Crippen molar-refractivity contribution in [2.75, 3.05) is 13.1 Å². The molecular formula is C11H13ClFNO. The van der Waals surface area contributed by atoms with E-state index in [1.807, 2.05) is 0 Å². The second kappa shape index (κ2) is 4.08. The number of hydrogen-bond donors (Lipinski definition) is 2. The first-order chi connectivity index (χ1) is 7.12. The summed E-state index contributed by atoms with van der Waals surface area (Å²) in [6.45, 7) is 1.31. The lowest BCUT2D eigenvalue weighted by Crippen LogP contribution is -2.43. The Balaban J connectivity index is 2.38. The standard InChI is InChI=1S/C11H13ClFNO/c12-10-3-2-8(13)6-9(10)11(15)4-1-5-14-7-11/h2-3,6,14-15H,1,4-5,7H2. The number of piperidine rings is 1. The van der Waals surface area contributed by atoms with Gasteiger partial charge in [-0.2, -0.15) is 0 Å². The second-order valence-electron chi connectivity index (χ2n) is 3.94. The van der Waals surface area contributed by atoms with Gasteiger partial charge in [0.1, 0.15) is 11.4 Å². The molecule has 4 heteroatoms. The lowest BCUT2D eigenvalue weighted by atomic mass is 9.86. The van der Waals surface area contributed by atoms with Gasteiger partial charge >= 0.3 is 0 Å². The summed E-state index contributed by atoms with van der Waals surface area (Å²) in [5, 5.41) is 13.8. The molecule has 0 spiro atoms. The minimum atomic E-state index is -1.03. The molecule has 0 aromatic heterocycles. The lowest BCUT2D eigenvalue weighted by molar-refractivity contribution is 0.0121. The van der Waals surface area contributed by atoms with E-state index in [2.05, 4.69) is 5.32 Å². The van der Waals surface area contributed by atoms with Crippen LogP contribution in [0.25, 0.3) is 0 Å². The molecule has 0 aliphatic carbocycles. The van der Waals surface area contributed by atoms with E-state index in [0.29, 0.717) is 23.6 Å². The number of nitrogens with one attached hydrogen (secondary N) is 1. The Kier molecular flexibility index (Phi) is 2.96. The summed E-state index contributed by atoms with van der Waals surface area (Å²) in [5.41, 5.74) is -0.548. The Hall–Kier alpha value is -0.640. The van der Waals surface area contributed by atoms with Gasteiger partial charge in [0.25, 0.3) is 0 Å². The smallest absolute Gasteiger partial charge is 0.123 e. The summed E-state index contributed by atoms with van der Waals surface area (Å²) >= 11 is 5.96. The van der Waals surface area contributed by atoms with Crippen molar-refractivity contribution in [2.45, 2.75) is 18.4 Å². The van der Waals surface area contributed by atoms with Gasteiger partial charge in [-0.05, 0) is 37.6 Å². The molecule has 82 valence electrons. The maximum absolute atomic E-state index is 13.1. The molecule has 2 rings (SSSR count). The van der Waals surface area contributed by atoms with Gasteiger partial charge in [0.2, 0.25) is 0 Å². The fourth-order valence-electron chi connectivity index (χ4n) is 1.97. The van der Waals surface area contributed by atoms with Crippen LogP contribution >= 0.6 is 11.6 Å². The number of rotatable bonds is 1. The molecule has 2 nitrogen and oxygen atoms in total. The molecule has 1 saturated heterocycles. The maximum Gasteiger partial charge on any atom is 0.123 e. The predicted octanol–water partition coefficient (Wildman–Crippen LogP) is 2.05. The average Bonchev–Trinajstić information content (AvgIpc) is 2.23.